The topological polar surface area (TPSA) is 40.5 Å². The summed E-state index contributed by atoms with van der Waals surface area (Å²) in [6, 6.07) is 10.1. The second-order valence-electron chi connectivity index (χ2n) is 3.75. The zero-order chi connectivity index (χ0) is 11.4. The molecule has 0 saturated heterocycles. The first-order chi connectivity index (χ1) is 7.75. The zero-order valence-electron chi connectivity index (χ0n) is 8.88. The Balaban J connectivity index is 2.11. The van der Waals surface area contributed by atoms with Gasteiger partial charge in [0.15, 0.2) is 0 Å². The summed E-state index contributed by atoms with van der Waals surface area (Å²) in [6.45, 7) is 0. The Labute approximate surface area is 95.4 Å². The van der Waals surface area contributed by atoms with Gasteiger partial charge in [-0.2, -0.15) is 0 Å². The van der Waals surface area contributed by atoms with Crippen molar-refractivity contribution in [3.63, 3.8) is 0 Å². The lowest BCUT2D eigenvalue weighted by molar-refractivity contribution is 0.420. The molecule has 16 heavy (non-hydrogen) atoms. The Morgan fingerprint density at radius 2 is 1.81 bits per heavy atom. The van der Waals surface area contributed by atoms with E-state index in [9.17, 15) is 0 Å². The van der Waals surface area contributed by atoms with Gasteiger partial charge in [-0.25, -0.2) is 0 Å². The summed E-state index contributed by atoms with van der Waals surface area (Å²) in [5, 5.41) is 17.9. The van der Waals surface area contributed by atoms with Gasteiger partial charge in [0.1, 0.15) is 0 Å². The summed E-state index contributed by atoms with van der Waals surface area (Å²) in [5.74, 6) is 0. The molecule has 0 bridgehead atoms. The van der Waals surface area contributed by atoms with Crippen molar-refractivity contribution in [3.05, 3.63) is 65.2 Å². The van der Waals surface area contributed by atoms with Gasteiger partial charge in [0.2, 0.25) is 0 Å². The van der Waals surface area contributed by atoms with E-state index >= 15 is 0 Å². The molecular formula is C13H13BO2. The average Bonchev–Trinajstić information content (AvgIpc) is 2.31. The van der Waals surface area contributed by atoms with Gasteiger partial charge in [-0.05, 0) is 23.0 Å². The van der Waals surface area contributed by atoms with Gasteiger partial charge in [0, 0.05) is 0 Å². The van der Waals surface area contributed by atoms with E-state index in [1.807, 2.05) is 42.5 Å². The van der Waals surface area contributed by atoms with Crippen LogP contribution < -0.4 is 0 Å². The predicted octanol–water partition coefficient (Wildman–Crippen LogP) is 1.97. The summed E-state index contributed by atoms with van der Waals surface area (Å²) in [5.41, 5.74) is 2.88. The minimum atomic E-state index is -1.37. The molecule has 2 nitrogen and oxygen atoms in total. The second-order valence-corrected chi connectivity index (χ2v) is 3.75. The first kappa shape index (κ1) is 10.9. The summed E-state index contributed by atoms with van der Waals surface area (Å²) < 4.78 is 0. The predicted molar refractivity (Wildman–Crippen MR) is 66.5 cm³/mol. The molecule has 1 aromatic rings. The highest BCUT2D eigenvalue weighted by Gasteiger charge is 2.13. The third-order valence-corrected chi connectivity index (χ3v) is 2.51. The Kier molecular flexibility index (Phi) is 3.39. The molecule has 80 valence electrons. The van der Waals surface area contributed by atoms with Gasteiger partial charge in [-0.15, -0.1) is 0 Å². The van der Waals surface area contributed by atoms with Crippen LogP contribution in [0.25, 0.3) is 6.08 Å². The van der Waals surface area contributed by atoms with E-state index in [0.717, 1.165) is 17.6 Å². The average molecular weight is 212 g/mol. The van der Waals surface area contributed by atoms with Crippen LogP contribution >= 0.6 is 0 Å². The molecule has 0 aromatic heterocycles. The van der Waals surface area contributed by atoms with E-state index in [-0.39, 0.29) is 0 Å². The summed E-state index contributed by atoms with van der Waals surface area (Å²) >= 11 is 0. The molecule has 2 rings (SSSR count). The standard InChI is InChI=1S/C13H13BO2/c15-14(16)13-8-6-12(7-9-13)10-11-4-2-1-3-5-11/h1-6,8-10,15-16H,7H2. The quantitative estimate of drug-likeness (QED) is 0.735. The van der Waals surface area contributed by atoms with E-state index in [2.05, 4.69) is 6.08 Å². The van der Waals surface area contributed by atoms with Gasteiger partial charge >= 0.3 is 7.12 Å². The molecule has 3 heteroatoms. The Morgan fingerprint density at radius 3 is 2.38 bits per heavy atom. The van der Waals surface area contributed by atoms with Crippen molar-refractivity contribution < 1.29 is 10.0 Å². The Bertz CT molecular complexity index is 444. The molecule has 0 spiro atoms. The molecule has 0 atom stereocenters. The van der Waals surface area contributed by atoms with Crippen LogP contribution in [0.1, 0.15) is 12.0 Å². The van der Waals surface area contributed by atoms with Crippen LogP contribution in [-0.4, -0.2) is 17.2 Å². The summed E-state index contributed by atoms with van der Waals surface area (Å²) in [6.07, 6.45) is 8.32. The lowest BCUT2D eigenvalue weighted by Gasteiger charge is -2.08. The molecule has 0 unspecified atom stereocenters. The third kappa shape index (κ3) is 2.72. The fourth-order valence-electron chi connectivity index (χ4n) is 1.64. The molecular weight excluding hydrogens is 199 g/mol. The van der Waals surface area contributed by atoms with Crippen molar-refractivity contribution in [2.45, 2.75) is 6.42 Å². The van der Waals surface area contributed by atoms with E-state index in [1.165, 1.54) is 0 Å². The second kappa shape index (κ2) is 4.97. The molecule has 0 heterocycles. The van der Waals surface area contributed by atoms with Crippen molar-refractivity contribution in [2.24, 2.45) is 0 Å². The van der Waals surface area contributed by atoms with E-state index in [4.69, 9.17) is 10.0 Å². The smallest absolute Gasteiger partial charge is 0.423 e. The molecule has 0 radical (unpaired) electrons. The maximum absolute atomic E-state index is 8.97. The van der Waals surface area contributed by atoms with Crippen LogP contribution in [0.5, 0.6) is 0 Å². The Hall–Kier alpha value is -1.58. The highest BCUT2D eigenvalue weighted by molar-refractivity contribution is 6.51. The van der Waals surface area contributed by atoms with Gasteiger partial charge in [-0.1, -0.05) is 54.6 Å². The van der Waals surface area contributed by atoms with Crippen molar-refractivity contribution in [2.75, 3.05) is 0 Å². The van der Waals surface area contributed by atoms with Crippen LogP contribution in [0, 0.1) is 0 Å². The van der Waals surface area contributed by atoms with Gasteiger partial charge < -0.3 is 10.0 Å². The van der Waals surface area contributed by atoms with Crippen molar-refractivity contribution in [3.8, 4) is 0 Å². The van der Waals surface area contributed by atoms with Crippen LogP contribution in [0.3, 0.4) is 0 Å². The molecule has 1 aliphatic carbocycles. The molecule has 2 N–H and O–H groups in total. The normalized spacial score (nSPS) is 17.4. The van der Waals surface area contributed by atoms with Gasteiger partial charge in [-0.3, -0.25) is 0 Å². The van der Waals surface area contributed by atoms with Crippen LogP contribution in [0.2, 0.25) is 0 Å². The van der Waals surface area contributed by atoms with Gasteiger partial charge in [0.05, 0.1) is 0 Å². The number of benzene rings is 1. The van der Waals surface area contributed by atoms with Crippen LogP contribution in [0.15, 0.2) is 59.6 Å². The number of rotatable bonds is 2. The number of allylic oxidation sites excluding steroid dienone is 5. The van der Waals surface area contributed by atoms with Crippen LogP contribution in [0.4, 0.5) is 0 Å². The maximum atomic E-state index is 8.97. The van der Waals surface area contributed by atoms with E-state index in [0.29, 0.717) is 5.47 Å². The van der Waals surface area contributed by atoms with Crippen molar-refractivity contribution in [1.82, 2.24) is 0 Å². The van der Waals surface area contributed by atoms with Crippen molar-refractivity contribution in [1.29, 1.82) is 0 Å². The molecule has 0 saturated carbocycles. The lowest BCUT2D eigenvalue weighted by Crippen LogP contribution is -2.14. The largest absolute Gasteiger partial charge is 0.488 e. The minimum Gasteiger partial charge on any atom is -0.423 e. The summed E-state index contributed by atoms with van der Waals surface area (Å²) in [7, 11) is -1.37. The fraction of sp³-hybridized carbons (Fsp3) is 0.0769. The minimum absolute atomic E-state index is 0.560. The highest BCUT2D eigenvalue weighted by atomic mass is 16.4. The highest BCUT2D eigenvalue weighted by Crippen LogP contribution is 2.18. The third-order valence-electron chi connectivity index (χ3n) is 2.51. The molecule has 1 aliphatic rings. The summed E-state index contributed by atoms with van der Waals surface area (Å²) in [4.78, 5) is 0. The SMILES string of the molecule is OB(O)C1=CCC(=Cc2ccccc2)C=C1. The number of hydrogen-bond acceptors (Lipinski definition) is 2. The number of hydrogen-bond donors (Lipinski definition) is 2. The first-order valence-electron chi connectivity index (χ1n) is 5.25. The first-order valence-corrected chi connectivity index (χ1v) is 5.25. The van der Waals surface area contributed by atoms with Crippen molar-refractivity contribution >= 4 is 13.2 Å². The molecule has 1 aromatic carbocycles. The molecule has 0 fully saturated rings. The van der Waals surface area contributed by atoms with Crippen LogP contribution in [-0.2, 0) is 0 Å². The monoisotopic (exact) mass is 212 g/mol. The zero-order valence-corrected chi connectivity index (χ0v) is 8.88. The Morgan fingerprint density at radius 1 is 1.06 bits per heavy atom. The lowest BCUT2D eigenvalue weighted by atomic mass is 9.76. The van der Waals surface area contributed by atoms with Gasteiger partial charge in [0.25, 0.3) is 0 Å². The van der Waals surface area contributed by atoms with E-state index < -0.39 is 7.12 Å². The fourth-order valence-corrected chi connectivity index (χ4v) is 1.64. The maximum Gasteiger partial charge on any atom is 0.488 e. The van der Waals surface area contributed by atoms with E-state index in [1.54, 1.807) is 6.08 Å². The molecule has 0 amide bonds. The molecule has 0 aliphatic heterocycles.